The first kappa shape index (κ1) is 20.7. The number of esters is 1. The van der Waals surface area contributed by atoms with Crippen LogP contribution >= 0.6 is 11.8 Å². The van der Waals surface area contributed by atoms with Crippen LogP contribution in [0.1, 0.15) is 10.4 Å². The number of nitrogens with two attached hydrogens (primary N) is 1. The van der Waals surface area contributed by atoms with Crippen LogP contribution in [-0.2, 0) is 9.53 Å². The van der Waals surface area contributed by atoms with Crippen LogP contribution in [0.5, 0.6) is 0 Å². The van der Waals surface area contributed by atoms with Gasteiger partial charge in [-0.15, -0.1) is 11.8 Å². The van der Waals surface area contributed by atoms with Crippen LogP contribution in [-0.4, -0.2) is 54.3 Å². The van der Waals surface area contributed by atoms with Crippen molar-refractivity contribution in [1.82, 2.24) is 14.7 Å². The van der Waals surface area contributed by atoms with Crippen LogP contribution in [0.25, 0.3) is 16.9 Å². The highest BCUT2D eigenvalue weighted by Crippen LogP contribution is 2.30. The zero-order valence-electron chi connectivity index (χ0n) is 16.3. The van der Waals surface area contributed by atoms with Crippen molar-refractivity contribution in [1.29, 1.82) is 0 Å². The van der Waals surface area contributed by atoms with Crippen LogP contribution in [0.15, 0.2) is 47.5 Å². The summed E-state index contributed by atoms with van der Waals surface area (Å²) in [6, 6.07) is 11.4. The minimum absolute atomic E-state index is 0.00107. The Bertz CT molecular complexity index is 1020. The van der Waals surface area contributed by atoms with Gasteiger partial charge in [0.15, 0.2) is 0 Å². The summed E-state index contributed by atoms with van der Waals surface area (Å²) in [7, 11) is 1.34. The van der Waals surface area contributed by atoms with Crippen molar-refractivity contribution in [2.75, 3.05) is 38.3 Å². The van der Waals surface area contributed by atoms with Gasteiger partial charge in [-0.05, 0) is 30.5 Å². The molecule has 4 N–H and O–H groups in total. The zero-order chi connectivity index (χ0) is 20.8. The lowest BCUT2D eigenvalue weighted by molar-refractivity contribution is -0.138. The molecule has 0 spiro atoms. The molecule has 2 heterocycles. The van der Waals surface area contributed by atoms with Crippen LogP contribution in [0, 0.1) is 0 Å². The first-order chi connectivity index (χ1) is 14.1. The topological polar surface area (TPSA) is 111 Å². The summed E-state index contributed by atoms with van der Waals surface area (Å²) in [5.74, 6) is 0.0496. The van der Waals surface area contributed by atoms with Gasteiger partial charge in [-0.3, -0.25) is 14.0 Å². The fourth-order valence-electron chi connectivity index (χ4n) is 2.82. The van der Waals surface area contributed by atoms with E-state index in [2.05, 4.69) is 10.6 Å². The number of anilines is 1. The fourth-order valence-corrected chi connectivity index (χ4v) is 3.23. The Kier molecular flexibility index (Phi) is 6.73. The van der Waals surface area contributed by atoms with Gasteiger partial charge in [-0.25, -0.2) is 4.98 Å². The number of thioether (sulfide) groups is 1. The maximum atomic E-state index is 12.3. The SMILES string of the molecule is COC(=O)CNc1c(-c2ccc(SC)cc2)nc2cc(C(=O)NCCN)ccn12. The van der Waals surface area contributed by atoms with Gasteiger partial charge < -0.3 is 21.1 Å². The summed E-state index contributed by atoms with van der Waals surface area (Å²) in [5, 5.41) is 5.85. The second-order valence-electron chi connectivity index (χ2n) is 6.16. The van der Waals surface area contributed by atoms with Crippen molar-refractivity contribution < 1.29 is 14.3 Å². The van der Waals surface area contributed by atoms with Crippen molar-refractivity contribution in [2.45, 2.75) is 4.90 Å². The number of pyridine rings is 1. The third-order valence-corrected chi connectivity index (χ3v) is 5.05. The van der Waals surface area contributed by atoms with Crippen LogP contribution in [0.2, 0.25) is 0 Å². The number of nitrogens with zero attached hydrogens (tertiary/aromatic N) is 2. The molecule has 0 aliphatic rings. The highest BCUT2D eigenvalue weighted by atomic mass is 32.2. The van der Waals surface area contributed by atoms with E-state index in [1.807, 2.05) is 30.5 Å². The number of benzene rings is 1. The van der Waals surface area contributed by atoms with E-state index in [0.717, 1.165) is 10.5 Å². The molecule has 9 heteroatoms. The second-order valence-corrected chi connectivity index (χ2v) is 7.04. The number of methoxy groups -OCH3 is 1. The number of rotatable bonds is 8. The number of ether oxygens (including phenoxy) is 1. The number of imidazole rings is 1. The average Bonchev–Trinajstić information content (AvgIpc) is 3.13. The highest BCUT2D eigenvalue weighted by molar-refractivity contribution is 7.98. The van der Waals surface area contributed by atoms with Gasteiger partial charge >= 0.3 is 5.97 Å². The van der Waals surface area contributed by atoms with Gasteiger partial charge in [0.25, 0.3) is 5.91 Å². The van der Waals surface area contributed by atoms with Crippen molar-refractivity contribution in [3.05, 3.63) is 48.2 Å². The van der Waals surface area contributed by atoms with Crippen LogP contribution in [0.3, 0.4) is 0 Å². The van der Waals surface area contributed by atoms with Crippen LogP contribution in [0.4, 0.5) is 5.82 Å². The lowest BCUT2D eigenvalue weighted by Gasteiger charge is -2.09. The zero-order valence-corrected chi connectivity index (χ0v) is 17.1. The third kappa shape index (κ3) is 4.69. The number of carbonyl (C=O) groups is 2. The lowest BCUT2D eigenvalue weighted by Crippen LogP contribution is -2.29. The number of hydrogen-bond donors (Lipinski definition) is 3. The van der Waals surface area contributed by atoms with Gasteiger partial charge in [0.05, 0.1) is 7.11 Å². The third-order valence-electron chi connectivity index (χ3n) is 4.31. The number of fused-ring (bicyclic) bond motifs is 1. The van der Waals surface area contributed by atoms with Gasteiger partial charge in [-0.1, -0.05) is 12.1 Å². The molecule has 0 fully saturated rings. The second kappa shape index (κ2) is 9.44. The Hall–Kier alpha value is -3.04. The molecule has 1 amide bonds. The van der Waals surface area contributed by atoms with Crippen molar-refractivity contribution in [3.63, 3.8) is 0 Å². The molecule has 0 bridgehead atoms. The molecule has 3 rings (SSSR count). The molecule has 1 aromatic carbocycles. The minimum atomic E-state index is -0.388. The quantitative estimate of drug-likeness (QED) is 0.383. The molecule has 152 valence electrons. The number of aromatic nitrogens is 2. The Morgan fingerprint density at radius 1 is 1.24 bits per heavy atom. The van der Waals surface area contributed by atoms with E-state index in [1.165, 1.54) is 7.11 Å². The molecule has 3 aromatic rings. The molecule has 29 heavy (non-hydrogen) atoms. The van der Waals surface area contributed by atoms with Gasteiger partial charge in [0.2, 0.25) is 0 Å². The molecule has 0 atom stereocenters. The predicted molar refractivity (Wildman–Crippen MR) is 114 cm³/mol. The average molecular weight is 414 g/mol. The van der Waals surface area contributed by atoms with Crippen molar-refractivity contribution >= 4 is 35.1 Å². The molecule has 2 aromatic heterocycles. The molecule has 0 saturated carbocycles. The summed E-state index contributed by atoms with van der Waals surface area (Å²) in [6.07, 6.45) is 3.76. The smallest absolute Gasteiger partial charge is 0.325 e. The maximum absolute atomic E-state index is 12.3. The Morgan fingerprint density at radius 2 is 2.00 bits per heavy atom. The largest absolute Gasteiger partial charge is 0.468 e. The first-order valence-electron chi connectivity index (χ1n) is 9.03. The molecule has 0 saturated heterocycles. The normalized spacial score (nSPS) is 10.7. The van der Waals surface area contributed by atoms with E-state index in [-0.39, 0.29) is 18.4 Å². The monoisotopic (exact) mass is 413 g/mol. The van der Waals surface area contributed by atoms with E-state index in [9.17, 15) is 9.59 Å². The molecule has 0 aliphatic heterocycles. The lowest BCUT2D eigenvalue weighted by atomic mass is 10.1. The fraction of sp³-hybridized carbons (Fsp3) is 0.250. The number of nitrogens with one attached hydrogen (secondary N) is 2. The van der Waals surface area contributed by atoms with E-state index in [1.54, 1.807) is 34.5 Å². The highest BCUT2D eigenvalue weighted by Gasteiger charge is 2.17. The van der Waals surface area contributed by atoms with Crippen molar-refractivity contribution in [2.24, 2.45) is 5.73 Å². The Morgan fingerprint density at radius 3 is 2.66 bits per heavy atom. The molecular formula is C20H23N5O3S. The standard InChI is InChI=1S/C20H23N5O3S/c1-28-17(26)12-23-19-18(13-3-5-15(29-2)6-4-13)24-16-11-14(7-10-25(16)19)20(27)22-9-8-21/h3-7,10-11,23H,8-9,12,21H2,1-2H3,(H,22,27). The van der Waals surface area contributed by atoms with Gasteiger partial charge in [0, 0.05) is 35.3 Å². The van der Waals surface area contributed by atoms with Gasteiger partial charge in [-0.2, -0.15) is 0 Å². The van der Waals surface area contributed by atoms with Crippen LogP contribution < -0.4 is 16.4 Å². The molecule has 8 nitrogen and oxygen atoms in total. The maximum Gasteiger partial charge on any atom is 0.325 e. The summed E-state index contributed by atoms with van der Waals surface area (Å²) >= 11 is 1.65. The Labute approximate surface area is 172 Å². The number of amides is 1. The first-order valence-corrected chi connectivity index (χ1v) is 10.2. The summed E-state index contributed by atoms with van der Waals surface area (Å²) in [5.41, 5.74) is 8.09. The van der Waals surface area contributed by atoms with E-state index in [0.29, 0.717) is 35.8 Å². The molecule has 0 aliphatic carbocycles. The molecule has 0 unspecified atom stereocenters. The number of carbonyl (C=O) groups excluding carboxylic acids is 2. The number of hydrogen-bond acceptors (Lipinski definition) is 7. The van der Waals surface area contributed by atoms with Crippen molar-refractivity contribution in [3.8, 4) is 11.3 Å². The van der Waals surface area contributed by atoms with Gasteiger partial charge in [0.1, 0.15) is 23.7 Å². The predicted octanol–water partition coefficient (Wildman–Crippen LogP) is 2.00. The summed E-state index contributed by atoms with van der Waals surface area (Å²) in [6.45, 7) is 0.769. The summed E-state index contributed by atoms with van der Waals surface area (Å²) in [4.78, 5) is 29.7. The summed E-state index contributed by atoms with van der Waals surface area (Å²) < 4.78 is 6.53. The minimum Gasteiger partial charge on any atom is -0.468 e. The molecule has 0 radical (unpaired) electrons. The van der Waals surface area contributed by atoms with E-state index in [4.69, 9.17) is 15.5 Å². The molecular weight excluding hydrogens is 390 g/mol. The Balaban J connectivity index is 2.03. The van der Waals surface area contributed by atoms with E-state index < -0.39 is 0 Å². The van der Waals surface area contributed by atoms with E-state index >= 15 is 0 Å².